The van der Waals surface area contributed by atoms with Crippen molar-refractivity contribution in [3.8, 4) is 10.6 Å². The number of aromatic nitrogens is 5. The molecule has 4 aromatic rings. The van der Waals surface area contributed by atoms with Gasteiger partial charge >= 0.3 is 0 Å². The molecule has 0 bridgehead atoms. The smallest absolute Gasteiger partial charge is 0.225 e. The minimum absolute atomic E-state index is 0.235. The fraction of sp³-hybridized carbons (Fsp3) is 0.381. The predicted molar refractivity (Wildman–Crippen MR) is 124 cm³/mol. The maximum atomic E-state index is 9.53. The molecular formula is C21H23N7OS2. The highest BCUT2D eigenvalue weighted by Crippen LogP contribution is 2.37. The average molecular weight is 454 g/mol. The molecule has 10 heteroatoms. The Hall–Kier alpha value is -2.69. The third-order valence-corrected chi connectivity index (χ3v) is 7.35. The van der Waals surface area contributed by atoms with E-state index in [4.69, 9.17) is 15.0 Å². The molecule has 1 fully saturated rings. The second-order valence-electron chi connectivity index (χ2n) is 7.70. The molecule has 4 heterocycles. The Labute approximate surface area is 187 Å². The van der Waals surface area contributed by atoms with E-state index in [1.54, 1.807) is 41.3 Å². The van der Waals surface area contributed by atoms with E-state index < -0.39 is 0 Å². The molecule has 2 atom stereocenters. The molecule has 0 aliphatic heterocycles. The number of fused-ring (bicyclic) bond motifs is 1. The highest BCUT2D eigenvalue weighted by molar-refractivity contribution is 7.21. The Balaban J connectivity index is 1.50. The van der Waals surface area contributed by atoms with Crippen LogP contribution in [-0.4, -0.2) is 42.7 Å². The number of thiazole rings is 2. The van der Waals surface area contributed by atoms with Gasteiger partial charge < -0.3 is 15.7 Å². The van der Waals surface area contributed by atoms with Crippen molar-refractivity contribution in [2.24, 2.45) is 5.92 Å². The second kappa shape index (κ2) is 8.81. The Morgan fingerprint density at radius 1 is 1.19 bits per heavy atom. The quantitative estimate of drug-likeness (QED) is 0.384. The minimum Gasteiger partial charge on any atom is -0.396 e. The third kappa shape index (κ3) is 4.36. The van der Waals surface area contributed by atoms with Gasteiger partial charge in [-0.15, -0.1) is 22.7 Å². The van der Waals surface area contributed by atoms with E-state index in [0.29, 0.717) is 18.4 Å². The van der Waals surface area contributed by atoms with Crippen LogP contribution in [0.1, 0.15) is 30.0 Å². The van der Waals surface area contributed by atoms with Gasteiger partial charge in [-0.25, -0.2) is 15.0 Å². The summed E-state index contributed by atoms with van der Waals surface area (Å²) < 4.78 is 1.09. The zero-order valence-electron chi connectivity index (χ0n) is 17.1. The van der Waals surface area contributed by atoms with Gasteiger partial charge in [-0.3, -0.25) is 4.98 Å². The number of anilines is 2. The lowest BCUT2D eigenvalue weighted by atomic mass is 10.1. The largest absolute Gasteiger partial charge is 0.396 e. The van der Waals surface area contributed by atoms with Gasteiger partial charge in [0.05, 0.1) is 28.7 Å². The topological polar surface area (TPSA) is 109 Å². The van der Waals surface area contributed by atoms with Crippen LogP contribution in [0, 0.1) is 12.8 Å². The normalized spacial score (nSPS) is 18.5. The van der Waals surface area contributed by atoms with E-state index >= 15 is 0 Å². The van der Waals surface area contributed by atoms with E-state index in [1.807, 2.05) is 18.4 Å². The summed E-state index contributed by atoms with van der Waals surface area (Å²) in [5.74, 6) is 1.70. The molecule has 0 aromatic carbocycles. The summed E-state index contributed by atoms with van der Waals surface area (Å²) in [5.41, 5.74) is 2.66. The molecular weight excluding hydrogens is 430 g/mol. The van der Waals surface area contributed by atoms with Gasteiger partial charge in [-0.05, 0) is 38.2 Å². The van der Waals surface area contributed by atoms with Gasteiger partial charge in [-0.2, -0.15) is 4.98 Å². The Bertz CT molecular complexity index is 1140. The molecule has 3 N–H and O–H groups in total. The van der Waals surface area contributed by atoms with Crippen molar-refractivity contribution in [2.75, 3.05) is 17.2 Å². The van der Waals surface area contributed by atoms with Gasteiger partial charge in [-0.1, -0.05) is 0 Å². The lowest BCUT2D eigenvalue weighted by molar-refractivity contribution is 0.229. The van der Waals surface area contributed by atoms with Crippen molar-refractivity contribution in [1.29, 1.82) is 0 Å². The summed E-state index contributed by atoms with van der Waals surface area (Å²) >= 11 is 3.22. The van der Waals surface area contributed by atoms with Crippen LogP contribution in [0.15, 0.2) is 30.0 Å². The first-order chi connectivity index (χ1) is 15.2. The molecule has 31 heavy (non-hydrogen) atoms. The molecule has 1 aliphatic carbocycles. The van der Waals surface area contributed by atoms with Crippen LogP contribution in [0.25, 0.3) is 20.8 Å². The zero-order valence-corrected chi connectivity index (χ0v) is 18.7. The molecule has 160 valence electrons. The second-order valence-corrected chi connectivity index (χ2v) is 9.71. The summed E-state index contributed by atoms with van der Waals surface area (Å²) in [6.45, 7) is 2.81. The molecule has 0 spiro atoms. The van der Waals surface area contributed by atoms with Crippen LogP contribution < -0.4 is 10.6 Å². The number of aryl methyl sites for hydroxylation is 1. The Morgan fingerprint density at radius 2 is 2.13 bits per heavy atom. The van der Waals surface area contributed by atoms with Gasteiger partial charge in [0.15, 0.2) is 0 Å². The van der Waals surface area contributed by atoms with Crippen molar-refractivity contribution in [2.45, 2.75) is 38.8 Å². The lowest BCUT2D eigenvalue weighted by Crippen LogP contribution is -2.19. The fourth-order valence-corrected chi connectivity index (χ4v) is 5.55. The van der Waals surface area contributed by atoms with Crippen LogP contribution in [0.5, 0.6) is 0 Å². The molecule has 1 aliphatic rings. The van der Waals surface area contributed by atoms with E-state index in [9.17, 15) is 5.11 Å². The van der Waals surface area contributed by atoms with E-state index in [1.165, 1.54) is 0 Å². The van der Waals surface area contributed by atoms with Gasteiger partial charge in [0.2, 0.25) is 5.95 Å². The molecule has 0 radical (unpaired) electrons. The number of aliphatic hydroxyl groups is 1. The van der Waals surface area contributed by atoms with E-state index in [2.05, 4.69) is 20.6 Å². The van der Waals surface area contributed by atoms with Crippen LogP contribution in [0.2, 0.25) is 0 Å². The van der Waals surface area contributed by atoms with Crippen LogP contribution in [-0.2, 0) is 6.54 Å². The number of aliphatic hydroxyl groups excluding tert-OH is 1. The molecule has 0 saturated heterocycles. The maximum Gasteiger partial charge on any atom is 0.225 e. The molecule has 1 saturated carbocycles. The van der Waals surface area contributed by atoms with Crippen molar-refractivity contribution < 1.29 is 5.11 Å². The first-order valence-electron chi connectivity index (χ1n) is 10.3. The SMILES string of the molecule is Cc1nc(NCc2nccs2)nc(N[C@H]2CC[C@@H](CO)C2)c1-c1nc2cnccc2s1. The average Bonchev–Trinajstić information content (AvgIpc) is 3.52. The first kappa shape index (κ1) is 20.2. The van der Waals surface area contributed by atoms with Crippen LogP contribution in [0.4, 0.5) is 11.8 Å². The van der Waals surface area contributed by atoms with Crippen molar-refractivity contribution >= 4 is 44.7 Å². The van der Waals surface area contributed by atoms with Crippen molar-refractivity contribution in [3.63, 3.8) is 0 Å². The predicted octanol–water partition coefficient (Wildman–Crippen LogP) is 4.10. The number of rotatable bonds is 7. The molecule has 5 rings (SSSR count). The number of nitrogens with zero attached hydrogens (tertiary/aromatic N) is 5. The summed E-state index contributed by atoms with van der Waals surface area (Å²) in [4.78, 5) is 22.8. The van der Waals surface area contributed by atoms with Gasteiger partial charge in [0, 0.05) is 30.4 Å². The Kier molecular flexibility index (Phi) is 5.75. The summed E-state index contributed by atoms with van der Waals surface area (Å²) in [7, 11) is 0. The zero-order chi connectivity index (χ0) is 21.2. The number of nitrogens with one attached hydrogen (secondary N) is 2. The van der Waals surface area contributed by atoms with Gasteiger partial charge in [0.1, 0.15) is 21.3 Å². The number of hydrogen-bond acceptors (Lipinski definition) is 10. The monoisotopic (exact) mass is 453 g/mol. The number of pyridine rings is 1. The highest BCUT2D eigenvalue weighted by atomic mass is 32.1. The standard InChI is InChI=1S/C21H23N7OS2/c1-12-18(20-27-15-9-22-5-4-16(15)31-20)19(26-14-3-2-13(8-14)11-29)28-21(25-12)24-10-17-23-6-7-30-17/h4-7,9,13-14,29H,2-3,8,10-11H2,1H3,(H2,24,25,26,28)/t13-,14+/m1/s1. The summed E-state index contributed by atoms with van der Waals surface area (Å²) in [5, 5.41) is 20.3. The minimum atomic E-state index is 0.235. The molecule has 4 aromatic heterocycles. The van der Waals surface area contributed by atoms with Crippen LogP contribution in [0.3, 0.4) is 0 Å². The van der Waals surface area contributed by atoms with E-state index in [0.717, 1.165) is 56.6 Å². The van der Waals surface area contributed by atoms with E-state index in [-0.39, 0.29) is 12.6 Å². The summed E-state index contributed by atoms with van der Waals surface area (Å²) in [6.07, 6.45) is 8.33. The fourth-order valence-electron chi connectivity index (χ4n) is 3.96. The van der Waals surface area contributed by atoms with Crippen LogP contribution >= 0.6 is 22.7 Å². The van der Waals surface area contributed by atoms with Crippen molar-refractivity contribution in [3.05, 3.63) is 40.7 Å². The molecule has 0 amide bonds. The molecule has 8 nitrogen and oxygen atoms in total. The van der Waals surface area contributed by atoms with Crippen molar-refractivity contribution in [1.82, 2.24) is 24.9 Å². The summed E-state index contributed by atoms with van der Waals surface area (Å²) in [6, 6.07) is 2.25. The highest BCUT2D eigenvalue weighted by Gasteiger charge is 2.26. The Morgan fingerprint density at radius 3 is 2.90 bits per heavy atom. The lowest BCUT2D eigenvalue weighted by Gasteiger charge is -2.18. The van der Waals surface area contributed by atoms with Gasteiger partial charge in [0.25, 0.3) is 0 Å². The first-order valence-corrected chi connectivity index (χ1v) is 12.0. The third-order valence-electron chi connectivity index (χ3n) is 5.52. The number of hydrogen-bond donors (Lipinski definition) is 3. The maximum absolute atomic E-state index is 9.53. The molecule has 0 unspecified atom stereocenters.